The van der Waals surface area contributed by atoms with Crippen LogP contribution in [0.1, 0.15) is 57.4 Å². The van der Waals surface area contributed by atoms with Crippen molar-refractivity contribution in [1.82, 2.24) is 19.7 Å². The summed E-state index contributed by atoms with van der Waals surface area (Å²) in [4.78, 5) is 6.58. The van der Waals surface area contributed by atoms with Crippen LogP contribution in [0.4, 0.5) is 0 Å². The molecule has 1 aliphatic carbocycles. The third-order valence-electron chi connectivity index (χ3n) is 4.93. The number of nitrogens with zero attached hydrogens (tertiary/aromatic N) is 4. The number of hydrogen-bond donors (Lipinski definition) is 0. The van der Waals surface area contributed by atoms with Gasteiger partial charge in [-0.05, 0) is 25.7 Å². The van der Waals surface area contributed by atoms with Crippen LogP contribution in [-0.4, -0.2) is 52.0 Å². The molecular formula is C16H28N4O. The second-order valence-corrected chi connectivity index (χ2v) is 6.43. The fraction of sp³-hybridized carbons (Fsp3) is 0.875. The molecule has 1 saturated heterocycles. The zero-order valence-corrected chi connectivity index (χ0v) is 13.0. The SMILES string of the molecule is c1ncn(C2CCN(CCOC3CCCCCC3)CC2)n1. The van der Waals surface area contributed by atoms with Gasteiger partial charge in [-0.15, -0.1) is 0 Å². The third-order valence-corrected chi connectivity index (χ3v) is 4.93. The predicted octanol–water partition coefficient (Wildman–Crippen LogP) is 2.65. The zero-order chi connectivity index (χ0) is 14.3. The van der Waals surface area contributed by atoms with E-state index in [0.717, 1.165) is 26.2 Å². The van der Waals surface area contributed by atoms with Gasteiger partial charge in [0.15, 0.2) is 0 Å². The molecule has 0 N–H and O–H groups in total. The minimum atomic E-state index is 0.528. The van der Waals surface area contributed by atoms with Crippen LogP contribution < -0.4 is 0 Å². The van der Waals surface area contributed by atoms with Crippen molar-refractivity contribution >= 4 is 0 Å². The molecule has 5 nitrogen and oxygen atoms in total. The summed E-state index contributed by atoms with van der Waals surface area (Å²) in [6.07, 6.45) is 14.4. The number of piperidine rings is 1. The zero-order valence-electron chi connectivity index (χ0n) is 13.0. The Morgan fingerprint density at radius 1 is 1.00 bits per heavy atom. The Morgan fingerprint density at radius 2 is 1.76 bits per heavy atom. The molecule has 1 aliphatic heterocycles. The van der Waals surface area contributed by atoms with Gasteiger partial charge in [0.2, 0.25) is 0 Å². The summed E-state index contributed by atoms with van der Waals surface area (Å²) in [5, 5.41) is 4.26. The molecule has 0 atom stereocenters. The molecular weight excluding hydrogens is 264 g/mol. The average molecular weight is 292 g/mol. The van der Waals surface area contributed by atoms with Gasteiger partial charge in [0.05, 0.1) is 18.8 Å². The van der Waals surface area contributed by atoms with E-state index in [4.69, 9.17) is 4.74 Å². The van der Waals surface area contributed by atoms with Crippen LogP contribution in [-0.2, 0) is 4.74 Å². The molecule has 2 fully saturated rings. The van der Waals surface area contributed by atoms with Crippen molar-refractivity contribution < 1.29 is 4.74 Å². The maximum absolute atomic E-state index is 6.10. The van der Waals surface area contributed by atoms with Crippen LogP contribution >= 0.6 is 0 Å². The molecule has 1 aromatic rings. The fourth-order valence-electron chi connectivity index (χ4n) is 3.57. The summed E-state index contributed by atoms with van der Waals surface area (Å²) >= 11 is 0. The van der Waals surface area contributed by atoms with Gasteiger partial charge in [-0.25, -0.2) is 9.67 Å². The van der Waals surface area contributed by atoms with E-state index in [-0.39, 0.29) is 0 Å². The third kappa shape index (κ3) is 4.51. The summed E-state index contributed by atoms with van der Waals surface area (Å²) in [5.41, 5.74) is 0. The van der Waals surface area contributed by atoms with E-state index in [2.05, 4.69) is 15.0 Å². The van der Waals surface area contributed by atoms with Gasteiger partial charge in [-0.1, -0.05) is 25.7 Å². The van der Waals surface area contributed by atoms with Crippen LogP contribution in [0.2, 0.25) is 0 Å². The monoisotopic (exact) mass is 292 g/mol. The Hall–Kier alpha value is -0.940. The Kier molecular flexibility index (Phi) is 5.63. The quantitative estimate of drug-likeness (QED) is 0.783. The van der Waals surface area contributed by atoms with E-state index in [9.17, 15) is 0 Å². The summed E-state index contributed by atoms with van der Waals surface area (Å²) in [5.74, 6) is 0. The lowest BCUT2D eigenvalue weighted by molar-refractivity contribution is 0.0237. The average Bonchev–Trinajstić information content (AvgIpc) is 2.93. The molecule has 0 amide bonds. The summed E-state index contributed by atoms with van der Waals surface area (Å²) in [6.45, 7) is 4.29. The highest BCUT2D eigenvalue weighted by Gasteiger charge is 2.21. The number of hydrogen-bond acceptors (Lipinski definition) is 4. The summed E-state index contributed by atoms with van der Waals surface area (Å²) in [6, 6.07) is 0.534. The lowest BCUT2D eigenvalue weighted by atomic mass is 10.1. The molecule has 1 aromatic heterocycles. The van der Waals surface area contributed by atoms with E-state index in [1.807, 2.05) is 11.0 Å². The van der Waals surface area contributed by atoms with Crippen molar-refractivity contribution in [3.63, 3.8) is 0 Å². The first-order valence-corrected chi connectivity index (χ1v) is 8.60. The highest BCUT2D eigenvalue weighted by Crippen LogP contribution is 2.22. The molecule has 0 aromatic carbocycles. The number of aromatic nitrogens is 3. The van der Waals surface area contributed by atoms with Gasteiger partial charge in [0, 0.05) is 19.6 Å². The van der Waals surface area contributed by atoms with Crippen LogP contribution in [0, 0.1) is 0 Å². The first kappa shape index (κ1) is 15.0. The Balaban J connectivity index is 1.32. The molecule has 0 unspecified atom stereocenters. The van der Waals surface area contributed by atoms with E-state index in [1.165, 1.54) is 51.4 Å². The van der Waals surface area contributed by atoms with Crippen LogP contribution in [0.5, 0.6) is 0 Å². The largest absolute Gasteiger partial charge is 0.377 e. The highest BCUT2D eigenvalue weighted by atomic mass is 16.5. The van der Waals surface area contributed by atoms with Crippen molar-refractivity contribution in [2.45, 2.75) is 63.5 Å². The lowest BCUT2D eigenvalue weighted by Crippen LogP contribution is -2.37. The second-order valence-electron chi connectivity index (χ2n) is 6.43. The van der Waals surface area contributed by atoms with Crippen LogP contribution in [0.15, 0.2) is 12.7 Å². The minimum Gasteiger partial charge on any atom is -0.377 e. The van der Waals surface area contributed by atoms with E-state index < -0.39 is 0 Å². The Morgan fingerprint density at radius 3 is 2.43 bits per heavy atom. The van der Waals surface area contributed by atoms with Crippen molar-refractivity contribution in [2.75, 3.05) is 26.2 Å². The Labute approximate surface area is 127 Å². The van der Waals surface area contributed by atoms with E-state index in [1.54, 1.807) is 6.33 Å². The summed E-state index contributed by atoms with van der Waals surface area (Å²) < 4.78 is 8.11. The molecule has 0 bridgehead atoms. The molecule has 5 heteroatoms. The van der Waals surface area contributed by atoms with Gasteiger partial charge < -0.3 is 9.64 Å². The highest BCUT2D eigenvalue weighted by molar-refractivity contribution is 4.77. The minimum absolute atomic E-state index is 0.528. The van der Waals surface area contributed by atoms with Gasteiger partial charge in [0.25, 0.3) is 0 Å². The van der Waals surface area contributed by atoms with Crippen LogP contribution in [0.3, 0.4) is 0 Å². The molecule has 1 saturated carbocycles. The molecule has 2 aliphatic rings. The molecule has 0 spiro atoms. The molecule has 2 heterocycles. The van der Waals surface area contributed by atoms with Gasteiger partial charge >= 0.3 is 0 Å². The Bertz CT molecular complexity index is 379. The molecule has 21 heavy (non-hydrogen) atoms. The van der Waals surface area contributed by atoms with Crippen molar-refractivity contribution in [2.24, 2.45) is 0 Å². The molecule has 0 radical (unpaired) electrons. The summed E-state index contributed by atoms with van der Waals surface area (Å²) in [7, 11) is 0. The number of rotatable bonds is 5. The van der Waals surface area contributed by atoms with Crippen molar-refractivity contribution in [3.8, 4) is 0 Å². The maximum Gasteiger partial charge on any atom is 0.137 e. The normalized spacial score (nSPS) is 23.2. The fourth-order valence-corrected chi connectivity index (χ4v) is 3.57. The van der Waals surface area contributed by atoms with Gasteiger partial charge in [0.1, 0.15) is 12.7 Å². The van der Waals surface area contributed by atoms with Crippen molar-refractivity contribution in [1.29, 1.82) is 0 Å². The van der Waals surface area contributed by atoms with Crippen molar-refractivity contribution in [3.05, 3.63) is 12.7 Å². The van der Waals surface area contributed by atoms with E-state index >= 15 is 0 Å². The first-order chi connectivity index (χ1) is 10.4. The topological polar surface area (TPSA) is 43.2 Å². The number of likely N-dealkylation sites (tertiary alicyclic amines) is 1. The first-order valence-electron chi connectivity index (χ1n) is 8.60. The second kappa shape index (κ2) is 7.90. The van der Waals surface area contributed by atoms with Gasteiger partial charge in [-0.2, -0.15) is 5.10 Å². The van der Waals surface area contributed by atoms with Gasteiger partial charge in [-0.3, -0.25) is 0 Å². The standard InChI is InChI=1S/C16H28N4O/c1-2-4-6-16(5-3-1)21-12-11-19-9-7-15(8-10-19)20-14-17-13-18-20/h13-16H,1-12H2. The lowest BCUT2D eigenvalue weighted by Gasteiger charge is -2.32. The smallest absolute Gasteiger partial charge is 0.137 e. The molecule has 118 valence electrons. The molecule has 3 rings (SSSR count). The number of ether oxygens (including phenoxy) is 1. The van der Waals surface area contributed by atoms with Crippen LogP contribution in [0.25, 0.3) is 0 Å². The maximum atomic E-state index is 6.10. The van der Waals surface area contributed by atoms with E-state index in [0.29, 0.717) is 12.1 Å². The predicted molar refractivity (Wildman–Crippen MR) is 82.2 cm³/mol.